The normalized spacial score (nSPS) is 21.0. The lowest BCUT2D eigenvalue weighted by Gasteiger charge is -2.22. The Morgan fingerprint density at radius 3 is 2.95 bits per heavy atom. The summed E-state index contributed by atoms with van der Waals surface area (Å²) in [6.45, 7) is 4.26. The number of hydrogen-bond donors (Lipinski definition) is 2. The Morgan fingerprint density at radius 2 is 2.29 bits per heavy atom. The van der Waals surface area contributed by atoms with Crippen molar-refractivity contribution >= 4 is 41.8 Å². The number of nitrogens with one attached hydrogen (secondary N) is 1. The summed E-state index contributed by atoms with van der Waals surface area (Å²) in [5.41, 5.74) is 7.30. The van der Waals surface area contributed by atoms with Crippen molar-refractivity contribution < 1.29 is 4.79 Å². The summed E-state index contributed by atoms with van der Waals surface area (Å²) in [6, 6.07) is 3.77. The number of likely N-dealkylation sites (tertiary alicyclic amines) is 1. The standard InChI is InChI=1S/C14H18N4O.2ClH/c1-14(8-15)4-6-18(9-14)13(19)11-7-17-12-10(11)3-2-5-16-12;;/h2-3,5,7H,4,6,8-9,15H2,1H3,(H,16,17);2*1H. The van der Waals surface area contributed by atoms with Crippen LogP contribution in [-0.2, 0) is 0 Å². The first kappa shape index (κ1) is 17.8. The quantitative estimate of drug-likeness (QED) is 0.886. The van der Waals surface area contributed by atoms with Crippen LogP contribution in [0.15, 0.2) is 24.5 Å². The van der Waals surface area contributed by atoms with Crippen molar-refractivity contribution in [2.24, 2.45) is 11.1 Å². The summed E-state index contributed by atoms with van der Waals surface area (Å²) in [6.07, 6.45) is 4.43. The van der Waals surface area contributed by atoms with Crippen LogP contribution in [0.3, 0.4) is 0 Å². The van der Waals surface area contributed by atoms with Crippen LogP contribution >= 0.6 is 24.8 Å². The van der Waals surface area contributed by atoms with Gasteiger partial charge in [0.05, 0.1) is 5.56 Å². The fourth-order valence-corrected chi connectivity index (χ4v) is 2.67. The van der Waals surface area contributed by atoms with Gasteiger partial charge < -0.3 is 15.6 Å². The van der Waals surface area contributed by atoms with Gasteiger partial charge >= 0.3 is 0 Å². The monoisotopic (exact) mass is 330 g/mol. The third kappa shape index (κ3) is 3.15. The van der Waals surface area contributed by atoms with Crippen LogP contribution in [0.25, 0.3) is 11.0 Å². The minimum atomic E-state index is 0. The molecule has 5 nitrogen and oxygen atoms in total. The number of nitrogens with zero attached hydrogens (tertiary/aromatic N) is 2. The number of aromatic amines is 1. The molecule has 0 aliphatic carbocycles. The van der Waals surface area contributed by atoms with Crippen molar-refractivity contribution in [2.45, 2.75) is 13.3 Å². The van der Waals surface area contributed by atoms with Crippen molar-refractivity contribution in [3.05, 3.63) is 30.1 Å². The Bertz CT molecular complexity index is 630. The molecule has 3 rings (SSSR count). The maximum atomic E-state index is 12.6. The van der Waals surface area contributed by atoms with Crippen LogP contribution in [0.5, 0.6) is 0 Å². The lowest BCUT2D eigenvalue weighted by atomic mass is 9.90. The zero-order chi connectivity index (χ0) is 13.5. The van der Waals surface area contributed by atoms with E-state index in [2.05, 4.69) is 16.9 Å². The maximum absolute atomic E-state index is 12.6. The highest BCUT2D eigenvalue weighted by Gasteiger charge is 2.35. The summed E-state index contributed by atoms with van der Waals surface area (Å²) in [7, 11) is 0. The summed E-state index contributed by atoms with van der Waals surface area (Å²) in [5, 5.41) is 0.883. The molecular formula is C14H20Cl2N4O. The van der Waals surface area contributed by atoms with E-state index in [0.717, 1.165) is 30.5 Å². The number of hydrogen-bond acceptors (Lipinski definition) is 3. The molecule has 7 heteroatoms. The molecule has 1 aliphatic heterocycles. The highest BCUT2D eigenvalue weighted by atomic mass is 35.5. The first-order valence-electron chi connectivity index (χ1n) is 6.54. The SMILES string of the molecule is CC1(CN)CCN(C(=O)c2c[nH]c3ncccc23)C1.Cl.Cl. The second-order valence-corrected chi connectivity index (χ2v) is 5.59. The molecule has 0 aromatic carbocycles. The maximum Gasteiger partial charge on any atom is 0.256 e. The van der Waals surface area contributed by atoms with E-state index in [4.69, 9.17) is 5.73 Å². The van der Waals surface area contributed by atoms with Crippen molar-refractivity contribution in [2.75, 3.05) is 19.6 Å². The number of halogens is 2. The molecule has 116 valence electrons. The summed E-state index contributed by atoms with van der Waals surface area (Å²) < 4.78 is 0. The number of carbonyl (C=O) groups excluding carboxylic acids is 1. The fourth-order valence-electron chi connectivity index (χ4n) is 2.67. The highest BCUT2D eigenvalue weighted by Crippen LogP contribution is 2.30. The summed E-state index contributed by atoms with van der Waals surface area (Å²) in [4.78, 5) is 21.7. The summed E-state index contributed by atoms with van der Waals surface area (Å²) >= 11 is 0. The van der Waals surface area contributed by atoms with Crippen molar-refractivity contribution in [1.82, 2.24) is 14.9 Å². The molecule has 1 saturated heterocycles. The van der Waals surface area contributed by atoms with Gasteiger partial charge in [-0.1, -0.05) is 6.92 Å². The lowest BCUT2D eigenvalue weighted by molar-refractivity contribution is 0.0779. The number of fused-ring (bicyclic) bond motifs is 1. The topological polar surface area (TPSA) is 75.0 Å². The molecule has 0 radical (unpaired) electrons. The van der Waals surface area contributed by atoms with Gasteiger partial charge in [0.25, 0.3) is 5.91 Å². The van der Waals surface area contributed by atoms with Crippen LogP contribution in [0.2, 0.25) is 0 Å². The molecule has 1 atom stereocenters. The predicted molar refractivity (Wildman–Crippen MR) is 88.3 cm³/mol. The van der Waals surface area contributed by atoms with Crippen LogP contribution in [0.4, 0.5) is 0 Å². The molecule has 2 aromatic heterocycles. The molecule has 3 heterocycles. The molecule has 1 aliphatic rings. The van der Waals surface area contributed by atoms with E-state index in [1.807, 2.05) is 17.0 Å². The van der Waals surface area contributed by atoms with Gasteiger partial charge in [0.2, 0.25) is 0 Å². The summed E-state index contributed by atoms with van der Waals surface area (Å²) in [5.74, 6) is 0.0661. The predicted octanol–water partition coefficient (Wildman–Crippen LogP) is 2.22. The Hall–Kier alpha value is -1.30. The smallest absolute Gasteiger partial charge is 0.256 e. The first-order chi connectivity index (χ1) is 9.13. The average molecular weight is 331 g/mol. The Kier molecular flexibility index (Phi) is 5.61. The van der Waals surface area contributed by atoms with E-state index in [9.17, 15) is 4.79 Å². The third-order valence-corrected chi connectivity index (χ3v) is 4.02. The van der Waals surface area contributed by atoms with Gasteiger partial charge in [-0.25, -0.2) is 4.98 Å². The highest BCUT2D eigenvalue weighted by molar-refractivity contribution is 6.05. The van der Waals surface area contributed by atoms with Crippen molar-refractivity contribution in [3.8, 4) is 0 Å². The van der Waals surface area contributed by atoms with Gasteiger partial charge in [0.15, 0.2) is 0 Å². The van der Waals surface area contributed by atoms with E-state index in [-0.39, 0.29) is 36.1 Å². The Labute approximate surface area is 136 Å². The number of aromatic nitrogens is 2. The molecule has 0 saturated carbocycles. The number of pyridine rings is 1. The fraction of sp³-hybridized carbons (Fsp3) is 0.429. The molecule has 3 N–H and O–H groups in total. The molecular weight excluding hydrogens is 311 g/mol. The molecule has 21 heavy (non-hydrogen) atoms. The van der Waals surface area contributed by atoms with Crippen LogP contribution < -0.4 is 5.73 Å². The van der Waals surface area contributed by atoms with Gasteiger partial charge in [-0.05, 0) is 30.5 Å². The number of rotatable bonds is 2. The van der Waals surface area contributed by atoms with Gasteiger partial charge in [0.1, 0.15) is 5.65 Å². The molecule has 2 aromatic rings. The van der Waals surface area contributed by atoms with Crippen molar-refractivity contribution in [3.63, 3.8) is 0 Å². The first-order valence-corrected chi connectivity index (χ1v) is 6.54. The number of nitrogens with two attached hydrogens (primary N) is 1. The zero-order valence-corrected chi connectivity index (χ0v) is 13.5. The van der Waals surface area contributed by atoms with Gasteiger partial charge in [-0.3, -0.25) is 4.79 Å². The van der Waals surface area contributed by atoms with E-state index in [0.29, 0.717) is 12.1 Å². The largest absolute Gasteiger partial charge is 0.345 e. The number of carbonyl (C=O) groups is 1. The molecule has 0 bridgehead atoms. The van der Waals surface area contributed by atoms with E-state index in [1.165, 1.54) is 0 Å². The second-order valence-electron chi connectivity index (χ2n) is 5.59. The molecule has 1 fully saturated rings. The Morgan fingerprint density at radius 1 is 1.52 bits per heavy atom. The van der Waals surface area contributed by atoms with Gasteiger partial charge in [-0.2, -0.15) is 0 Å². The van der Waals surface area contributed by atoms with E-state index in [1.54, 1.807) is 12.4 Å². The molecule has 1 amide bonds. The Balaban J connectivity index is 0.00000110. The van der Waals surface area contributed by atoms with Crippen LogP contribution in [0, 0.1) is 5.41 Å². The van der Waals surface area contributed by atoms with Gasteiger partial charge in [0, 0.05) is 30.9 Å². The number of amides is 1. The van der Waals surface area contributed by atoms with Crippen molar-refractivity contribution in [1.29, 1.82) is 0 Å². The minimum absolute atomic E-state index is 0. The second kappa shape index (κ2) is 6.64. The molecule has 1 unspecified atom stereocenters. The third-order valence-electron chi connectivity index (χ3n) is 4.02. The number of H-pyrrole nitrogens is 1. The molecule has 0 spiro atoms. The van der Waals surface area contributed by atoms with Gasteiger partial charge in [-0.15, -0.1) is 24.8 Å². The van der Waals surface area contributed by atoms with Crippen LogP contribution in [-0.4, -0.2) is 40.4 Å². The van der Waals surface area contributed by atoms with E-state index >= 15 is 0 Å². The average Bonchev–Trinajstić information content (AvgIpc) is 3.03. The van der Waals surface area contributed by atoms with Crippen LogP contribution in [0.1, 0.15) is 23.7 Å². The zero-order valence-electron chi connectivity index (χ0n) is 11.8. The van der Waals surface area contributed by atoms with E-state index < -0.39 is 0 Å². The minimum Gasteiger partial charge on any atom is -0.345 e. The lowest BCUT2D eigenvalue weighted by Crippen LogP contribution is -2.34.